The third-order valence-corrected chi connectivity index (χ3v) is 5.80. The Bertz CT molecular complexity index is 854. The molecule has 2 heterocycles. The van der Waals surface area contributed by atoms with Crippen LogP contribution in [0.4, 0.5) is 0 Å². The molecule has 0 unspecified atom stereocenters. The molecular formula is C17H22N2O5S. The van der Waals surface area contributed by atoms with Gasteiger partial charge in [-0.3, -0.25) is 0 Å². The van der Waals surface area contributed by atoms with Gasteiger partial charge in [-0.1, -0.05) is 25.1 Å². The van der Waals surface area contributed by atoms with Crippen LogP contribution in [0.3, 0.4) is 0 Å². The maximum atomic E-state index is 12.8. The summed E-state index contributed by atoms with van der Waals surface area (Å²) in [6.07, 6.45) is 0. The van der Waals surface area contributed by atoms with E-state index in [1.165, 1.54) is 0 Å². The van der Waals surface area contributed by atoms with E-state index < -0.39 is 16.1 Å². The Morgan fingerprint density at radius 3 is 2.40 bits per heavy atom. The molecular weight excluding hydrogens is 344 g/mol. The van der Waals surface area contributed by atoms with E-state index in [0.717, 1.165) is 5.56 Å². The van der Waals surface area contributed by atoms with Crippen molar-refractivity contribution in [3.05, 3.63) is 35.2 Å². The largest absolute Gasteiger partial charge is 0.486 e. The maximum Gasteiger partial charge on any atom is 0.246 e. The predicted octanol–water partition coefficient (Wildman–Crippen LogP) is 2.74. The van der Waals surface area contributed by atoms with Gasteiger partial charge in [-0.25, -0.2) is 13.1 Å². The molecule has 0 saturated carbocycles. The first-order valence-corrected chi connectivity index (χ1v) is 9.62. The van der Waals surface area contributed by atoms with Crippen LogP contribution in [-0.2, 0) is 10.0 Å². The number of aryl methyl sites for hydroxylation is 2. The van der Waals surface area contributed by atoms with Gasteiger partial charge in [-0.15, -0.1) is 0 Å². The molecule has 2 aromatic rings. The molecule has 0 bridgehead atoms. The topological polar surface area (TPSA) is 90.7 Å². The minimum Gasteiger partial charge on any atom is -0.486 e. The highest BCUT2D eigenvalue weighted by Gasteiger charge is 2.29. The Balaban J connectivity index is 1.95. The molecule has 1 N–H and O–H groups in total. The third kappa shape index (κ3) is 3.50. The zero-order chi connectivity index (χ0) is 18.2. The molecule has 0 aliphatic carbocycles. The molecule has 25 heavy (non-hydrogen) atoms. The van der Waals surface area contributed by atoms with Gasteiger partial charge in [0.1, 0.15) is 23.8 Å². The van der Waals surface area contributed by atoms with Gasteiger partial charge in [0.15, 0.2) is 17.3 Å². The van der Waals surface area contributed by atoms with Crippen molar-refractivity contribution in [2.24, 2.45) is 5.92 Å². The Labute approximate surface area is 147 Å². The lowest BCUT2D eigenvalue weighted by Crippen LogP contribution is -2.32. The van der Waals surface area contributed by atoms with E-state index in [4.69, 9.17) is 14.0 Å². The van der Waals surface area contributed by atoms with Crippen LogP contribution in [0.15, 0.2) is 27.6 Å². The molecule has 136 valence electrons. The summed E-state index contributed by atoms with van der Waals surface area (Å²) in [7, 11) is -3.77. The monoisotopic (exact) mass is 366 g/mol. The van der Waals surface area contributed by atoms with Gasteiger partial charge in [0.2, 0.25) is 10.0 Å². The highest BCUT2D eigenvalue weighted by atomic mass is 32.2. The zero-order valence-electron chi connectivity index (χ0n) is 14.7. The number of nitrogens with one attached hydrogen (secondary N) is 1. The van der Waals surface area contributed by atoms with Crippen molar-refractivity contribution in [3.8, 4) is 11.5 Å². The fraction of sp³-hybridized carbons (Fsp3) is 0.471. The van der Waals surface area contributed by atoms with Crippen LogP contribution in [-0.4, -0.2) is 26.8 Å². The standard InChI is InChI=1S/C17H22N2O5S/c1-10(2)16(13-5-6-14-15(9-13)23-8-7-22-14)19-25(20,21)17-11(3)18-24-12(17)4/h5-6,9-10,16,19H,7-8H2,1-4H3/t16-/m1/s1. The highest BCUT2D eigenvalue weighted by Crippen LogP contribution is 2.35. The van der Waals surface area contributed by atoms with E-state index in [2.05, 4.69) is 9.88 Å². The van der Waals surface area contributed by atoms with Crippen LogP contribution < -0.4 is 14.2 Å². The fourth-order valence-corrected chi connectivity index (χ4v) is 4.63. The molecule has 7 nitrogen and oxygen atoms in total. The molecule has 0 saturated heterocycles. The van der Waals surface area contributed by atoms with Crippen LogP contribution in [0.25, 0.3) is 0 Å². The molecule has 0 fully saturated rings. The van der Waals surface area contributed by atoms with Crippen molar-refractivity contribution in [1.29, 1.82) is 0 Å². The Morgan fingerprint density at radius 2 is 1.80 bits per heavy atom. The lowest BCUT2D eigenvalue weighted by molar-refractivity contribution is 0.171. The van der Waals surface area contributed by atoms with Crippen molar-refractivity contribution in [1.82, 2.24) is 9.88 Å². The molecule has 1 aliphatic heterocycles. The van der Waals surface area contributed by atoms with Crippen molar-refractivity contribution < 1.29 is 22.4 Å². The second-order valence-corrected chi connectivity index (χ2v) is 8.05. The van der Waals surface area contributed by atoms with Gasteiger partial charge < -0.3 is 14.0 Å². The number of hydrogen-bond donors (Lipinski definition) is 1. The summed E-state index contributed by atoms with van der Waals surface area (Å²) in [5.41, 5.74) is 1.16. The second-order valence-electron chi connectivity index (χ2n) is 6.40. The minimum atomic E-state index is -3.77. The number of hydrogen-bond acceptors (Lipinski definition) is 6. The summed E-state index contributed by atoms with van der Waals surface area (Å²) >= 11 is 0. The van der Waals surface area contributed by atoms with E-state index in [1.54, 1.807) is 13.8 Å². The van der Waals surface area contributed by atoms with Crippen LogP contribution in [0.5, 0.6) is 11.5 Å². The van der Waals surface area contributed by atoms with E-state index in [1.807, 2.05) is 32.0 Å². The fourth-order valence-electron chi connectivity index (χ4n) is 2.93. The minimum absolute atomic E-state index is 0.0257. The number of nitrogens with zero attached hydrogens (tertiary/aromatic N) is 1. The average Bonchev–Trinajstić information content (AvgIpc) is 2.91. The van der Waals surface area contributed by atoms with Crippen molar-refractivity contribution >= 4 is 10.0 Å². The predicted molar refractivity (Wildman–Crippen MR) is 91.3 cm³/mol. The average molecular weight is 366 g/mol. The number of fused-ring (bicyclic) bond motifs is 1. The van der Waals surface area contributed by atoms with Gasteiger partial charge in [-0.2, -0.15) is 0 Å². The molecule has 0 spiro atoms. The number of sulfonamides is 1. The van der Waals surface area contributed by atoms with E-state index in [-0.39, 0.29) is 16.6 Å². The molecule has 0 radical (unpaired) electrons. The first kappa shape index (κ1) is 17.8. The lowest BCUT2D eigenvalue weighted by atomic mass is 9.97. The van der Waals surface area contributed by atoms with Gasteiger partial charge in [0.25, 0.3) is 0 Å². The maximum absolute atomic E-state index is 12.8. The van der Waals surface area contributed by atoms with Crippen LogP contribution >= 0.6 is 0 Å². The number of rotatable bonds is 5. The number of benzene rings is 1. The first-order chi connectivity index (χ1) is 11.8. The normalized spacial score (nSPS) is 15.4. The summed E-state index contributed by atoms with van der Waals surface area (Å²) in [4.78, 5) is 0.0932. The van der Waals surface area contributed by atoms with Crippen LogP contribution in [0.1, 0.15) is 36.9 Å². The first-order valence-electron chi connectivity index (χ1n) is 8.14. The molecule has 1 aromatic heterocycles. The molecule has 1 atom stereocenters. The summed E-state index contributed by atoms with van der Waals surface area (Å²) in [6.45, 7) is 8.10. The Hall–Kier alpha value is -2.06. The van der Waals surface area contributed by atoms with Crippen LogP contribution in [0, 0.1) is 19.8 Å². The van der Waals surface area contributed by atoms with Crippen molar-refractivity contribution in [3.63, 3.8) is 0 Å². The summed E-state index contributed by atoms with van der Waals surface area (Å²) in [5, 5.41) is 3.73. The van der Waals surface area contributed by atoms with Crippen molar-refractivity contribution in [2.45, 2.75) is 38.6 Å². The van der Waals surface area contributed by atoms with E-state index in [0.29, 0.717) is 30.4 Å². The van der Waals surface area contributed by atoms with Gasteiger partial charge in [0.05, 0.1) is 0 Å². The Morgan fingerprint density at radius 1 is 1.12 bits per heavy atom. The van der Waals surface area contributed by atoms with Gasteiger partial charge >= 0.3 is 0 Å². The molecule has 1 aromatic carbocycles. The lowest BCUT2D eigenvalue weighted by Gasteiger charge is -2.25. The third-order valence-electron chi connectivity index (χ3n) is 4.11. The smallest absolute Gasteiger partial charge is 0.246 e. The second kappa shape index (κ2) is 6.68. The van der Waals surface area contributed by atoms with Crippen molar-refractivity contribution in [2.75, 3.05) is 13.2 Å². The van der Waals surface area contributed by atoms with Gasteiger partial charge in [-0.05, 0) is 37.5 Å². The molecule has 8 heteroatoms. The number of ether oxygens (including phenoxy) is 2. The SMILES string of the molecule is Cc1noc(C)c1S(=O)(=O)N[C@@H](c1ccc2c(c1)OCCO2)C(C)C. The summed E-state index contributed by atoms with van der Waals surface area (Å²) in [6, 6.07) is 5.07. The quantitative estimate of drug-likeness (QED) is 0.875. The van der Waals surface area contributed by atoms with Gasteiger partial charge in [0, 0.05) is 6.04 Å². The zero-order valence-corrected chi connectivity index (χ0v) is 15.5. The molecule has 3 rings (SSSR count). The molecule has 1 aliphatic rings. The number of aromatic nitrogens is 1. The summed E-state index contributed by atoms with van der Waals surface area (Å²) in [5.74, 6) is 1.60. The molecule has 0 amide bonds. The highest BCUT2D eigenvalue weighted by molar-refractivity contribution is 7.89. The summed E-state index contributed by atoms with van der Waals surface area (Å²) < 4.78 is 44.6. The van der Waals surface area contributed by atoms with E-state index >= 15 is 0 Å². The Kier molecular flexibility index (Phi) is 4.75. The van der Waals surface area contributed by atoms with E-state index in [9.17, 15) is 8.42 Å². The van der Waals surface area contributed by atoms with Crippen LogP contribution in [0.2, 0.25) is 0 Å².